The molecular formula is C13H17ClN2O4S. The fourth-order valence-electron chi connectivity index (χ4n) is 1.97. The van der Waals surface area contributed by atoms with Gasteiger partial charge >= 0.3 is 5.97 Å². The molecule has 0 aliphatic heterocycles. The highest BCUT2D eigenvalue weighted by atomic mass is 35.5. The van der Waals surface area contributed by atoms with Crippen molar-refractivity contribution in [3.63, 3.8) is 0 Å². The normalized spacial score (nSPS) is 15.4. The number of nitrogens with zero attached hydrogens (tertiary/aromatic N) is 1. The van der Waals surface area contributed by atoms with Crippen LogP contribution in [0.2, 0.25) is 5.02 Å². The highest BCUT2D eigenvalue weighted by Crippen LogP contribution is 2.25. The van der Waals surface area contributed by atoms with Crippen LogP contribution >= 0.6 is 11.6 Å². The molecule has 21 heavy (non-hydrogen) atoms. The van der Waals surface area contributed by atoms with Gasteiger partial charge in [-0.25, -0.2) is 17.9 Å². The predicted molar refractivity (Wildman–Crippen MR) is 79.3 cm³/mol. The molecule has 116 valence electrons. The second kappa shape index (κ2) is 6.31. The van der Waals surface area contributed by atoms with Gasteiger partial charge < -0.3 is 10.0 Å². The van der Waals surface area contributed by atoms with Crippen LogP contribution in [0.25, 0.3) is 0 Å². The molecule has 0 saturated heterocycles. The Balaban J connectivity index is 2.07. The molecule has 0 radical (unpaired) electrons. The van der Waals surface area contributed by atoms with Crippen LogP contribution < -0.4 is 4.72 Å². The number of sulfonamides is 1. The number of carboxylic acid groups (broad SMARTS) is 1. The molecule has 1 aromatic rings. The Morgan fingerprint density at radius 1 is 1.48 bits per heavy atom. The molecule has 2 N–H and O–H groups in total. The van der Waals surface area contributed by atoms with Crippen molar-refractivity contribution >= 4 is 27.6 Å². The van der Waals surface area contributed by atoms with Crippen molar-refractivity contribution in [2.75, 3.05) is 20.1 Å². The van der Waals surface area contributed by atoms with E-state index in [1.165, 1.54) is 12.1 Å². The first-order valence-corrected chi connectivity index (χ1v) is 8.40. The van der Waals surface area contributed by atoms with E-state index in [9.17, 15) is 13.2 Å². The highest BCUT2D eigenvalue weighted by molar-refractivity contribution is 7.89. The molecule has 1 aromatic carbocycles. The molecular weight excluding hydrogens is 316 g/mol. The fourth-order valence-corrected chi connectivity index (χ4v) is 3.52. The number of carboxylic acids is 1. The third-order valence-electron chi connectivity index (χ3n) is 3.39. The summed E-state index contributed by atoms with van der Waals surface area (Å²) in [5, 5.41) is 8.92. The Kier molecular flexibility index (Phi) is 4.88. The molecule has 0 unspecified atom stereocenters. The zero-order valence-electron chi connectivity index (χ0n) is 11.5. The Hall–Kier alpha value is -1.15. The lowest BCUT2D eigenvalue weighted by Gasteiger charge is -2.16. The minimum Gasteiger partial charge on any atom is -0.478 e. The van der Waals surface area contributed by atoms with Crippen molar-refractivity contribution < 1.29 is 18.3 Å². The van der Waals surface area contributed by atoms with Crippen LogP contribution in [0.4, 0.5) is 0 Å². The first-order chi connectivity index (χ1) is 9.81. The third-order valence-corrected chi connectivity index (χ3v) is 5.34. The van der Waals surface area contributed by atoms with Gasteiger partial charge in [-0.1, -0.05) is 11.6 Å². The van der Waals surface area contributed by atoms with Gasteiger partial charge in [0.1, 0.15) is 4.90 Å². The molecule has 0 spiro atoms. The summed E-state index contributed by atoms with van der Waals surface area (Å²) < 4.78 is 26.8. The van der Waals surface area contributed by atoms with Gasteiger partial charge in [0.2, 0.25) is 10.0 Å². The Morgan fingerprint density at radius 3 is 2.71 bits per heavy atom. The maximum absolute atomic E-state index is 12.2. The average Bonchev–Trinajstić information content (AvgIpc) is 3.22. The van der Waals surface area contributed by atoms with E-state index in [-0.39, 0.29) is 22.0 Å². The lowest BCUT2D eigenvalue weighted by atomic mass is 10.2. The van der Waals surface area contributed by atoms with E-state index in [4.69, 9.17) is 16.7 Å². The van der Waals surface area contributed by atoms with Crippen LogP contribution in [-0.4, -0.2) is 50.6 Å². The molecule has 0 amide bonds. The van der Waals surface area contributed by atoms with Gasteiger partial charge in [-0.15, -0.1) is 0 Å². The van der Waals surface area contributed by atoms with Gasteiger partial charge in [0, 0.05) is 19.1 Å². The van der Waals surface area contributed by atoms with E-state index in [1.807, 2.05) is 7.05 Å². The maximum Gasteiger partial charge on any atom is 0.335 e. The lowest BCUT2D eigenvalue weighted by Crippen LogP contribution is -2.34. The molecule has 0 bridgehead atoms. The first-order valence-electron chi connectivity index (χ1n) is 6.54. The van der Waals surface area contributed by atoms with Gasteiger partial charge in [0.05, 0.1) is 10.6 Å². The Morgan fingerprint density at radius 2 is 2.14 bits per heavy atom. The number of benzene rings is 1. The van der Waals surface area contributed by atoms with Gasteiger partial charge in [-0.3, -0.25) is 0 Å². The van der Waals surface area contributed by atoms with Crippen molar-refractivity contribution in [2.24, 2.45) is 0 Å². The van der Waals surface area contributed by atoms with E-state index in [1.54, 1.807) is 0 Å². The van der Waals surface area contributed by atoms with Gasteiger partial charge in [0.25, 0.3) is 0 Å². The van der Waals surface area contributed by atoms with Crippen molar-refractivity contribution in [1.29, 1.82) is 0 Å². The number of hydrogen-bond donors (Lipinski definition) is 2. The largest absolute Gasteiger partial charge is 0.478 e. The van der Waals surface area contributed by atoms with Crippen LogP contribution in [0, 0.1) is 0 Å². The van der Waals surface area contributed by atoms with Crippen LogP contribution in [0.5, 0.6) is 0 Å². The summed E-state index contributed by atoms with van der Waals surface area (Å²) in [5.74, 6) is -1.20. The predicted octanol–water partition coefficient (Wildman–Crippen LogP) is 1.41. The van der Waals surface area contributed by atoms with E-state index >= 15 is 0 Å². The molecule has 0 heterocycles. The molecule has 2 rings (SSSR count). The van der Waals surface area contributed by atoms with Crippen LogP contribution in [-0.2, 0) is 10.0 Å². The number of carbonyl (C=O) groups is 1. The summed E-state index contributed by atoms with van der Waals surface area (Å²) in [5.41, 5.74) is -0.116. The first kappa shape index (κ1) is 16.2. The van der Waals surface area contributed by atoms with Gasteiger partial charge in [0.15, 0.2) is 0 Å². The zero-order valence-corrected chi connectivity index (χ0v) is 13.1. The van der Waals surface area contributed by atoms with Crippen molar-refractivity contribution in [1.82, 2.24) is 9.62 Å². The SMILES string of the molecule is CN(CCNS(=O)(=O)c1cc(C(=O)O)ccc1Cl)C1CC1. The smallest absolute Gasteiger partial charge is 0.335 e. The molecule has 6 nitrogen and oxygen atoms in total. The molecule has 1 aliphatic rings. The van der Waals surface area contributed by atoms with Crippen LogP contribution in [0.1, 0.15) is 23.2 Å². The average molecular weight is 333 g/mol. The summed E-state index contributed by atoms with van der Waals surface area (Å²) in [6, 6.07) is 4.16. The van der Waals surface area contributed by atoms with Crippen LogP contribution in [0.15, 0.2) is 23.1 Å². The highest BCUT2D eigenvalue weighted by Gasteiger charge is 2.26. The standard InChI is InChI=1S/C13H17ClN2O4S/c1-16(10-3-4-10)7-6-15-21(19,20)12-8-9(13(17)18)2-5-11(12)14/h2,5,8,10,15H,3-4,6-7H2,1H3,(H,17,18). The van der Waals surface area contributed by atoms with E-state index in [0.29, 0.717) is 12.6 Å². The number of aromatic carboxylic acids is 1. The topological polar surface area (TPSA) is 86.7 Å². The summed E-state index contributed by atoms with van der Waals surface area (Å²) in [6.07, 6.45) is 2.30. The van der Waals surface area contributed by atoms with Crippen molar-refractivity contribution in [2.45, 2.75) is 23.8 Å². The number of likely N-dealkylation sites (N-methyl/N-ethyl adjacent to an activating group) is 1. The summed E-state index contributed by atoms with van der Waals surface area (Å²) in [4.78, 5) is 12.8. The zero-order chi connectivity index (χ0) is 15.6. The summed E-state index contributed by atoms with van der Waals surface area (Å²) in [7, 11) is -1.87. The minimum absolute atomic E-state index is 0.00282. The molecule has 1 saturated carbocycles. The van der Waals surface area contributed by atoms with Gasteiger partial charge in [-0.2, -0.15) is 0 Å². The summed E-state index contributed by atoms with van der Waals surface area (Å²) in [6.45, 7) is 0.850. The monoisotopic (exact) mass is 332 g/mol. The Labute approximate surface area is 128 Å². The Bertz CT molecular complexity index is 644. The van der Waals surface area contributed by atoms with E-state index < -0.39 is 16.0 Å². The molecule has 1 fully saturated rings. The molecule has 8 heteroatoms. The number of halogens is 1. The second-order valence-electron chi connectivity index (χ2n) is 5.06. The van der Waals surface area contributed by atoms with Crippen LogP contribution in [0.3, 0.4) is 0 Å². The maximum atomic E-state index is 12.2. The number of nitrogens with one attached hydrogen (secondary N) is 1. The number of hydrogen-bond acceptors (Lipinski definition) is 4. The van der Waals surface area contributed by atoms with Crippen molar-refractivity contribution in [3.05, 3.63) is 28.8 Å². The van der Waals surface area contributed by atoms with E-state index in [2.05, 4.69) is 9.62 Å². The third kappa shape index (κ3) is 4.16. The fraction of sp³-hybridized carbons (Fsp3) is 0.462. The summed E-state index contributed by atoms with van der Waals surface area (Å²) >= 11 is 5.86. The van der Waals surface area contributed by atoms with Gasteiger partial charge in [-0.05, 0) is 38.1 Å². The molecule has 0 atom stereocenters. The lowest BCUT2D eigenvalue weighted by molar-refractivity contribution is 0.0696. The quantitative estimate of drug-likeness (QED) is 0.788. The molecule has 0 aromatic heterocycles. The van der Waals surface area contributed by atoms with E-state index in [0.717, 1.165) is 18.9 Å². The number of rotatable bonds is 7. The second-order valence-corrected chi connectivity index (χ2v) is 7.20. The molecule has 1 aliphatic carbocycles. The van der Waals surface area contributed by atoms with Crippen molar-refractivity contribution in [3.8, 4) is 0 Å². The minimum atomic E-state index is -3.82.